The van der Waals surface area contributed by atoms with Gasteiger partial charge in [0.2, 0.25) is 0 Å². The number of hydrogen-bond acceptors (Lipinski definition) is 0. The maximum Gasteiger partial charge on any atom is 0.179 e. The van der Waals surface area contributed by atoms with Gasteiger partial charge in [-0.05, 0) is 48.4 Å². The third-order valence-electron chi connectivity index (χ3n) is 8.20. The van der Waals surface area contributed by atoms with Crippen molar-refractivity contribution >= 4 is 57.6 Å². The molecule has 7 aromatic carbocycles. The lowest BCUT2D eigenvalue weighted by Crippen LogP contribution is -2.78. The summed E-state index contributed by atoms with van der Waals surface area (Å²) in [5, 5.41) is 1.99. The van der Waals surface area contributed by atoms with E-state index >= 15 is 0 Å². The molecule has 0 saturated heterocycles. The van der Waals surface area contributed by atoms with Crippen molar-refractivity contribution in [3.63, 3.8) is 0 Å². The topological polar surface area (TPSA) is 0 Å². The maximum absolute atomic E-state index is 10.6. The summed E-state index contributed by atoms with van der Waals surface area (Å²) in [6.45, 7) is 1.57. The Labute approximate surface area is 287 Å². The van der Waals surface area contributed by atoms with Gasteiger partial charge in [0.1, 0.15) is 0 Å². The SMILES string of the molecule is [2H]c1c([2H])c([2H])c([Si](c2ccccc2)(c2ccccc2)c2c([2H])c(C)c([2H])c([Si](c3ccccc3)(c3ccccc3)c3c([2H])c([2H])c([2H])c([2H])c3[2H])c2[2H])c([2H])c1[2H]. The van der Waals surface area contributed by atoms with Gasteiger partial charge >= 0.3 is 0 Å². The molecule has 216 valence electrons. The minimum Gasteiger partial charge on any atom is -0.0623 e. The van der Waals surface area contributed by atoms with Crippen LogP contribution in [0, 0.1) is 6.92 Å². The van der Waals surface area contributed by atoms with E-state index in [9.17, 15) is 9.60 Å². The van der Waals surface area contributed by atoms with Crippen molar-refractivity contribution in [2.24, 2.45) is 0 Å². The van der Waals surface area contributed by atoms with Crippen LogP contribution in [0.25, 0.3) is 0 Å². The van der Waals surface area contributed by atoms with Crippen LogP contribution in [0.15, 0.2) is 200 Å². The first-order chi connectivity index (χ1) is 27.7. The highest BCUT2D eigenvalue weighted by molar-refractivity contribution is 7.22. The maximum atomic E-state index is 10.6. The molecule has 0 fully saturated rings. The number of rotatable bonds is 8. The molecule has 0 amide bonds. The van der Waals surface area contributed by atoms with Crippen LogP contribution in [0.3, 0.4) is 0 Å². The molecule has 0 atom stereocenters. The molecule has 0 aliphatic rings. The van der Waals surface area contributed by atoms with Crippen LogP contribution in [0.5, 0.6) is 0 Å². The van der Waals surface area contributed by atoms with Crippen LogP contribution in [-0.4, -0.2) is 16.1 Å². The normalized spacial score (nSPS) is 15.7. The van der Waals surface area contributed by atoms with Crippen molar-refractivity contribution in [2.75, 3.05) is 0 Å². The fraction of sp³-hybridized carbons (Fsp3) is 0.0233. The van der Waals surface area contributed by atoms with Crippen LogP contribution >= 0.6 is 0 Å². The highest BCUT2D eigenvalue weighted by Gasteiger charge is 2.45. The Balaban J connectivity index is 1.85. The van der Waals surface area contributed by atoms with Gasteiger partial charge < -0.3 is 0 Å². The smallest absolute Gasteiger partial charge is 0.0623 e. The van der Waals surface area contributed by atoms with E-state index in [1.165, 1.54) is 0 Å². The van der Waals surface area contributed by atoms with Crippen molar-refractivity contribution in [3.05, 3.63) is 205 Å². The van der Waals surface area contributed by atoms with Crippen molar-refractivity contribution < 1.29 is 17.8 Å². The highest BCUT2D eigenvalue weighted by atomic mass is 28.3. The van der Waals surface area contributed by atoms with Crippen molar-refractivity contribution in [1.82, 2.24) is 0 Å². The predicted octanol–water partition coefficient (Wildman–Crippen LogP) is 4.75. The molecule has 0 radical (unpaired) electrons. The fourth-order valence-corrected chi connectivity index (χ4v) is 15.1. The minimum absolute atomic E-state index is 0.0445. The molecule has 0 heterocycles. The molecule has 0 bridgehead atoms. The summed E-state index contributed by atoms with van der Waals surface area (Å²) in [4.78, 5) is 0. The zero-order chi connectivity index (χ0) is 41.8. The zero-order valence-corrected chi connectivity index (χ0v) is 26.5. The Morgan fingerprint density at radius 3 is 0.911 bits per heavy atom. The summed E-state index contributed by atoms with van der Waals surface area (Å²) in [6, 6.07) is 29.1. The predicted molar refractivity (Wildman–Crippen MR) is 198 cm³/mol. The molecule has 0 aromatic heterocycles. The third kappa shape index (κ3) is 5.02. The standard InChI is InChI=1S/C43H36Si2/c1-35-32-42(44(36-20-8-2-9-21-36,37-22-10-3-11-23-37)38-24-12-4-13-25-38)34-43(33-35)45(39-26-14-5-15-27-39,40-28-16-6-17-29-40)41-30-18-7-19-31-41/h2-34H,1H3/i2D,5D,8D,9D,14D,15D,20D,21D,26D,27D,32D,33D,34D. The van der Waals surface area contributed by atoms with Crippen LogP contribution in [0.2, 0.25) is 0 Å². The fourth-order valence-electron chi connectivity index (χ4n) is 6.33. The van der Waals surface area contributed by atoms with Gasteiger partial charge in [0.05, 0.1) is 17.8 Å². The Morgan fingerprint density at radius 2 is 0.622 bits per heavy atom. The second-order valence-electron chi connectivity index (χ2n) is 10.7. The van der Waals surface area contributed by atoms with Gasteiger partial charge in [0, 0.05) is 0 Å². The molecule has 2 heteroatoms. The second-order valence-corrected chi connectivity index (χ2v) is 18.0. The van der Waals surface area contributed by atoms with E-state index in [0.717, 1.165) is 0 Å². The largest absolute Gasteiger partial charge is 0.179 e. The molecule has 7 rings (SSSR count). The number of hydrogen-bond donors (Lipinski definition) is 0. The first-order valence-electron chi connectivity index (χ1n) is 21.1. The molecule has 0 aliphatic carbocycles. The van der Waals surface area contributed by atoms with E-state index in [0.29, 0.717) is 20.7 Å². The molecule has 0 N–H and O–H groups in total. The molecule has 0 aliphatic heterocycles. The average molecular weight is 622 g/mol. The number of benzene rings is 7. The van der Waals surface area contributed by atoms with E-state index in [4.69, 9.17) is 8.22 Å². The van der Waals surface area contributed by atoms with Gasteiger partial charge in [0.15, 0.2) is 16.1 Å². The average Bonchev–Trinajstić information content (AvgIpc) is 3.25. The molecule has 45 heavy (non-hydrogen) atoms. The van der Waals surface area contributed by atoms with Gasteiger partial charge in [0.25, 0.3) is 0 Å². The van der Waals surface area contributed by atoms with Crippen molar-refractivity contribution in [1.29, 1.82) is 0 Å². The highest BCUT2D eigenvalue weighted by Crippen LogP contribution is 2.14. The van der Waals surface area contributed by atoms with Gasteiger partial charge in [-0.2, -0.15) is 0 Å². The molecule has 0 spiro atoms. The van der Waals surface area contributed by atoms with Gasteiger partial charge in [-0.15, -0.1) is 0 Å². The van der Waals surface area contributed by atoms with Crippen LogP contribution in [-0.2, 0) is 0 Å². The summed E-state index contributed by atoms with van der Waals surface area (Å²) < 4.78 is 121. The van der Waals surface area contributed by atoms with Crippen molar-refractivity contribution in [2.45, 2.75) is 6.92 Å². The first kappa shape index (κ1) is 17.5. The van der Waals surface area contributed by atoms with Crippen LogP contribution < -0.4 is 41.5 Å². The van der Waals surface area contributed by atoms with E-state index in [2.05, 4.69) is 0 Å². The van der Waals surface area contributed by atoms with E-state index < -0.39 is 76.6 Å². The Morgan fingerprint density at radius 1 is 0.333 bits per heavy atom. The zero-order valence-electron chi connectivity index (χ0n) is 37.5. The van der Waals surface area contributed by atoms with E-state index in [-0.39, 0.29) is 44.4 Å². The summed E-state index contributed by atoms with van der Waals surface area (Å²) in [5.41, 5.74) is 0.119. The quantitative estimate of drug-likeness (QED) is 0.170. The monoisotopic (exact) mass is 621 g/mol. The van der Waals surface area contributed by atoms with Gasteiger partial charge in [-0.3, -0.25) is 0 Å². The van der Waals surface area contributed by atoms with E-state index in [1.807, 2.05) is 0 Å². The first-order valence-corrected chi connectivity index (χ1v) is 18.6. The van der Waals surface area contributed by atoms with Gasteiger partial charge in [-0.25, -0.2) is 0 Å². The molecular formula is C43H36Si2. The Hall–Kier alpha value is -5.03. The lowest BCUT2D eigenvalue weighted by molar-refractivity contribution is 1.50. The molecular weight excluding hydrogens is 573 g/mol. The van der Waals surface area contributed by atoms with Crippen LogP contribution in [0.4, 0.5) is 0 Å². The Kier molecular flexibility index (Phi) is 4.86. The van der Waals surface area contributed by atoms with Gasteiger partial charge in [-0.1, -0.05) is 205 Å². The molecule has 0 unspecified atom stereocenters. The second kappa shape index (κ2) is 12.5. The summed E-state index contributed by atoms with van der Waals surface area (Å²) in [5.74, 6) is 0. The molecule has 0 saturated carbocycles. The minimum atomic E-state index is -4.42. The molecule has 0 nitrogen and oxygen atoms in total. The summed E-state index contributed by atoms with van der Waals surface area (Å²) >= 11 is 0. The molecule has 7 aromatic rings. The lowest BCUT2D eigenvalue weighted by atomic mass is 10.2. The summed E-state index contributed by atoms with van der Waals surface area (Å²) in [6.07, 6.45) is 0. The lowest BCUT2D eigenvalue weighted by Gasteiger charge is -2.38. The van der Waals surface area contributed by atoms with Crippen molar-refractivity contribution in [3.8, 4) is 0 Å². The Bertz CT molecular complexity index is 2390. The summed E-state index contributed by atoms with van der Waals surface area (Å²) in [7, 11) is -8.84. The van der Waals surface area contributed by atoms with Crippen LogP contribution in [0.1, 0.15) is 23.4 Å². The van der Waals surface area contributed by atoms with E-state index in [1.54, 1.807) is 128 Å². The third-order valence-corrected chi connectivity index (χ3v) is 17.0.